The van der Waals surface area contributed by atoms with Gasteiger partial charge in [-0.15, -0.1) is 0 Å². The van der Waals surface area contributed by atoms with E-state index < -0.39 is 5.41 Å². The van der Waals surface area contributed by atoms with Gasteiger partial charge in [0.25, 0.3) is 0 Å². The topological polar surface area (TPSA) is 78.9 Å². The van der Waals surface area contributed by atoms with Gasteiger partial charge >= 0.3 is 0 Å². The molecule has 2 rings (SSSR count). The minimum absolute atomic E-state index is 0.0406. The lowest BCUT2D eigenvalue weighted by molar-refractivity contribution is -0.126. The molecule has 1 aliphatic rings. The minimum Gasteiger partial charge on any atom is -0.409 e. The molecular formula is C15H20FN3O2. The van der Waals surface area contributed by atoms with Crippen molar-refractivity contribution < 1.29 is 14.4 Å². The standard InChI is InChI=1S/C15H20FN3O2/c1-19(12-7-5-11(16)6-8-12)14(20)15(13(17)18-21)9-3-2-4-10-15/h5-8,21H,2-4,9-10H2,1H3,(H2,17,18). The van der Waals surface area contributed by atoms with Crippen molar-refractivity contribution in [3.8, 4) is 0 Å². The number of oxime groups is 1. The highest BCUT2D eigenvalue weighted by Gasteiger charge is 2.45. The summed E-state index contributed by atoms with van der Waals surface area (Å²) in [7, 11) is 1.62. The predicted molar refractivity (Wildman–Crippen MR) is 78.7 cm³/mol. The van der Waals surface area contributed by atoms with Crippen LogP contribution in [0.25, 0.3) is 0 Å². The molecule has 1 saturated carbocycles. The van der Waals surface area contributed by atoms with Crippen molar-refractivity contribution in [2.45, 2.75) is 32.1 Å². The number of amides is 1. The van der Waals surface area contributed by atoms with E-state index in [1.807, 2.05) is 0 Å². The summed E-state index contributed by atoms with van der Waals surface area (Å²) in [6.07, 6.45) is 3.88. The van der Waals surface area contributed by atoms with E-state index in [0.717, 1.165) is 19.3 Å². The summed E-state index contributed by atoms with van der Waals surface area (Å²) in [5.41, 5.74) is 5.43. The Balaban J connectivity index is 2.31. The molecule has 1 fully saturated rings. The fraction of sp³-hybridized carbons (Fsp3) is 0.467. The summed E-state index contributed by atoms with van der Waals surface area (Å²) in [5.74, 6) is -0.617. The number of nitrogens with zero attached hydrogens (tertiary/aromatic N) is 2. The Labute approximate surface area is 123 Å². The summed E-state index contributed by atoms with van der Waals surface area (Å²) in [6, 6.07) is 5.68. The molecule has 0 aliphatic heterocycles. The Hall–Kier alpha value is -2.11. The summed E-state index contributed by atoms with van der Waals surface area (Å²) < 4.78 is 13.0. The van der Waals surface area contributed by atoms with E-state index in [9.17, 15) is 9.18 Å². The Kier molecular flexibility index (Phi) is 4.45. The highest BCUT2D eigenvalue weighted by atomic mass is 19.1. The normalized spacial score (nSPS) is 18.3. The second kappa shape index (κ2) is 6.11. The van der Waals surface area contributed by atoms with Crippen LogP contribution in [0.5, 0.6) is 0 Å². The lowest BCUT2D eigenvalue weighted by Crippen LogP contribution is -2.51. The van der Waals surface area contributed by atoms with Crippen molar-refractivity contribution in [1.29, 1.82) is 0 Å². The first-order valence-corrected chi connectivity index (χ1v) is 7.03. The van der Waals surface area contributed by atoms with Crippen LogP contribution in [-0.4, -0.2) is 24.0 Å². The maximum atomic E-state index is 13.0. The fourth-order valence-corrected chi connectivity index (χ4v) is 2.93. The largest absolute Gasteiger partial charge is 0.409 e. The third-order valence-corrected chi connectivity index (χ3v) is 4.23. The number of halogens is 1. The molecule has 6 heteroatoms. The average molecular weight is 293 g/mol. The van der Waals surface area contributed by atoms with Crippen LogP contribution in [-0.2, 0) is 4.79 Å². The number of carbonyl (C=O) groups is 1. The van der Waals surface area contributed by atoms with Crippen LogP contribution in [0.2, 0.25) is 0 Å². The lowest BCUT2D eigenvalue weighted by Gasteiger charge is -2.37. The zero-order chi connectivity index (χ0) is 15.5. The van der Waals surface area contributed by atoms with E-state index in [-0.39, 0.29) is 17.6 Å². The number of rotatable bonds is 3. The number of amidine groups is 1. The fourth-order valence-electron chi connectivity index (χ4n) is 2.93. The van der Waals surface area contributed by atoms with Crippen molar-refractivity contribution in [2.24, 2.45) is 16.3 Å². The third kappa shape index (κ3) is 2.84. The number of hydrogen-bond acceptors (Lipinski definition) is 3. The molecule has 0 spiro atoms. The molecule has 0 aromatic heterocycles. The van der Waals surface area contributed by atoms with Crippen LogP contribution in [0.3, 0.4) is 0 Å². The van der Waals surface area contributed by atoms with Crippen LogP contribution in [0.1, 0.15) is 32.1 Å². The van der Waals surface area contributed by atoms with E-state index >= 15 is 0 Å². The van der Waals surface area contributed by atoms with Gasteiger partial charge in [0.2, 0.25) is 5.91 Å². The monoisotopic (exact) mass is 293 g/mol. The minimum atomic E-state index is -0.962. The van der Waals surface area contributed by atoms with Gasteiger partial charge in [-0.3, -0.25) is 4.79 Å². The number of hydrogen-bond donors (Lipinski definition) is 2. The maximum absolute atomic E-state index is 13.0. The van der Waals surface area contributed by atoms with E-state index in [1.165, 1.54) is 29.2 Å². The van der Waals surface area contributed by atoms with E-state index in [4.69, 9.17) is 10.9 Å². The van der Waals surface area contributed by atoms with Gasteiger partial charge in [-0.25, -0.2) is 4.39 Å². The van der Waals surface area contributed by atoms with Crippen molar-refractivity contribution in [1.82, 2.24) is 0 Å². The molecule has 0 atom stereocenters. The molecule has 5 nitrogen and oxygen atoms in total. The summed E-state index contributed by atoms with van der Waals surface area (Å²) in [5, 5.41) is 12.1. The van der Waals surface area contributed by atoms with Gasteiger partial charge in [0.05, 0.1) is 0 Å². The molecule has 1 aromatic rings. The van der Waals surface area contributed by atoms with Gasteiger partial charge in [-0.2, -0.15) is 0 Å². The Bertz CT molecular complexity index is 536. The van der Waals surface area contributed by atoms with Gasteiger partial charge in [0.15, 0.2) is 5.84 Å². The van der Waals surface area contributed by atoms with E-state index in [0.29, 0.717) is 18.5 Å². The molecule has 0 radical (unpaired) electrons. The predicted octanol–water partition coefficient (Wildman–Crippen LogP) is 2.49. The van der Waals surface area contributed by atoms with Gasteiger partial charge < -0.3 is 15.8 Å². The van der Waals surface area contributed by atoms with Gasteiger partial charge in [-0.1, -0.05) is 24.4 Å². The number of anilines is 1. The Morgan fingerprint density at radius 3 is 2.38 bits per heavy atom. The van der Waals surface area contributed by atoms with Crippen molar-refractivity contribution >= 4 is 17.4 Å². The SMILES string of the molecule is CN(C(=O)C1(C(N)=NO)CCCCC1)c1ccc(F)cc1. The summed E-state index contributed by atoms with van der Waals surface area (Å²) >= 11 is 0. The van der Waals surface area contributed by atoms with Gasteiger partial charge in [-0.05, 0) is 37.1 Å². The molecular weight excluding hydrogens is 273 g/mol. The smallest absolute Gasteiger partial charge is 0.240 e. The molecule has 114 valence electrons. The van der Waals surface area contributed by atoms with Crippen molar-refractivity contribution in [3.63, 3.8) is 0 Å². The van der Waals surface area contributed by atoms with E-state index in [1.54, 1.807) is 7.05 Å². The first-order valence-electron chi connectivity index (χ1n) is 7.03. The van der Waals surface area contributed by atoms with Crippen LogP contribution in [0, 0.1) is 11.2 Å². The van der Waals surface area contributed by atoms with Gasteiger partial charge in [0, 0.05) is 12.7 Å². The van der Waals surface area contributed by atoms with Crippen molar-refractivity contribution in [2.75, 3.05) is 11.9 Å². The highest BCUT2D eigenvalue weighted by molar-refractivity contribution is 6.12. The number of carbonyl (C=O) groups excluding carboxylic acids is 1. The summed E-state index contributed by atoms with van der Waals surface area (Å²) in [6.45, 7) is 0. The second-order valence-electron chi connectivity index (χ2n) is 5.47. The molecule has 1 aromatic carbocycles. The Morgan fingerprint density at radius 2 is 1.86 bits per heavy atom. The molecule has 0 bridgehead atoms. The lowest BCUT2D eigenvalue weighted by atomic mass is 9.72. The van der Waals surface area contributed by atoms with Crippen LogP contribution >= 0.6 is 0 Å². The Morgan fingerprint density at radius 1 is 1.29 bits per heavy atom. The van der Waals surface area contributed by atoms with Crippen molar-refractivity contribution in [3.05, 3.63) is 30.1 Å². The van der Waals surface area contributed by atoms with Crippen LogP contribution in [0.4, 0.5) is 10.1 Å². The quantitative estimate of drug-likeness (QED) is 0.389. The molecule has 3 N–H and O–H groups in total. The van der Waals surface area contributed by atoms with Crippen LogP contribution < -0.4 is 10.6 Å². The van der Waals surface area contributed by atoms with Crippen LogP contribution in [0.15, 0.2) is 29.4 Å². The molecule has 0 saturated heterocycles. The molecule has 21 heavy (non-hydrogen) atoms. The molecule has 0 heterocycles. The zero-order valence-electron chi connectivity index (χ0n) is 12.1. The maximum Gasteiger partial charge on any atom is 0.240 e. The van der Waals surface area contributed by atoms with Gasteiger partial charge in [0.1, 0.15) is 11.2 Å². The number of nitrogens with two attached hydrogens (primary N) is 1. The molecule has 0 unspecified atom stereocenters. The second-order valence-corrected chi connectivity index (χ2v) is 5.47. The zero-order valence-corrected chi connectivity index (χ0v) is 12.1. The summed E-state index contributed by atoms with van der Waals surface area (Å²) in [4.78, 5) is 14.3. The first-order chi connectivity index (χ1) is 10.0. The van der Waals surface area contributed by atoms with E-state index in [2.05, 4.69) is 5.16 Å². The molecule has 1 aliphatic carbocycles. The molecule has 1 amide bonds. The third-order valence-electron chi connectivity index (χ3n) is 4.23. The average Bonchev–Trinajstić information content (AvgIpc) is 2.54. The highest BCUT2D eigenvalue weighted by Crippen LogP contribution is 2.39. The first kappa shape index (κ1) is 15.3. The number of benzene rings is 1.